The second-order valence-electron chi connectivity index (χ2n) is 7.35. The largest absolute Gasteiger partial charge is 0.360 e. The van der Waals surface area contributed by atoms with Gasteiger partial charge in [-0.2, -0.15) is 0 Å². The zero-order chi connectivity index (χ0) is 20.8. The second kappa shape index (κ2) is 10.1. The average molecular weight is 435 g/mol. The summed E-state index contributed by atoms with van der Waals surface area (Å²) in [5.74, 6) is 0.138. The Balaban J connectivity index is 1.39. The van der Waals surface area contributed by atoms with Crippen molar-refractivity contribution in [1.82, 2.24) is 5.32 Å². The van der Waals surface area contributed by atoms with Crippen LogP contribution in [0.3, 0.4) is 0 Å². The number of hydrogen-bond donors (Lipinski definition) is 2. The molecule has 1 aliphatic rings. The minimum atomic E-state index is 0.0596. The van der Waals surface area contributed by atoms with Gasteiger partial charge in [0.25, 0.3) is 5.91 Å². The lowest BCUT2D eigenvalue weighted by molar-refractivity contribution is -0.892. The molecule has 0 aromatic heterocycles. The van der Waals surface area contributed by atoms with Crippen LogP contribution < -0.4 is 15.1 Å². The molecule has 2 N–H and O–H groups in total. The lowest BCUT2D eigenvalue weighted by Crippen LogP contribution is -3.16. The predicted molar refractivity (Wildman–Crippen MR) is 117 cm³/mol. The van der Waals surface area contributed by atoms with Crippen molar-refractivity contribution < 1.29 is 14.5 Å². The Kier molecular flexibility index (Phi) is 7.53. The third-order valence-electron chi connectivity index (χ3n) is 5.25. The van der Waals surface area contributed by atoms with Gasteiger partial charge in [0, 0.05) is 27.8 Å². The first-order valence-electron chi connectivity index (χ1n) is 9.82. The van der Waals surface area contributed by atoms with Crippen molar-refractivity contribution in [2.75, 3.05) is 44.2 Å². The van der Waals surface area contributed by atoms with Crippen molar-refractivity contribution in [3.63, 3.8) is 0 Å². The number of nitrogens with one attached hydrogen (secondary N) is 2. The van der Waals surface area contributed by atoms with E-state index in [0.29, 0.717) is 29.6 Å². The number of amides is 1. The highest BCUT2D eigenvalue weighted by molar-refractivity contribution is 6.35. The third-order valence-corrected chi connectivity index (χ3v) is 5.84. The van der Waals surface area contributed by atoms with Gasteiger partial charge in [0.15, 0.2) is 12.3 Å². The van der Waals surface area contributed by atoms with Crippen molar-refractivity contribution in [3.8, 4) is 0 Å². The van der Waals surface area contributed by atoms with Crippen LogP contribution in [0.2, 0.25) is 10.0 Å². The van der Waals surface area contributed by atoms with Crippen molar-refractivity contribution in [2.24, 2.45) is 0 Å². The molecule has 2 aromatic carbocycles. The van der Waals surface area contributed by atoms with E-state index < -0.39 is 0 Å². The highest BCUT2D eigenvalue weighted by Gasteiger charge is 2.22. The number of quaternary nitrogens is 1. The molecular formula is C22H26Cl2N3O2+. The number of rotatable bonds is 7. The van der Waals surface area contributed by atoms with Gasteiger partial charge in [0.2, 0.25) is 0 Å². The molecule has 0 saturated carbocycles. The van der Waals surface area contributed by atoms with E-state index in [1.54, 1.807) is 13.0 Å². The zero-order valence-corrected chi connectivity index (χ0v) is 18.0. The molecule has 0 bridgehead atoms. The van der Waals surface area contributed by atoms with E-state index in [1.807, 2.05) is 36.4 Å². The first-order valence-corrected chi connectivity index (χ1v) is 10.6. The van der Waals surface area contributed by atoms with Gasteiger partial charge in [-0.15, -0.1) is 0 Å². The lowest BCUT2D eigenvalue weighted by atomic mass is 10.1. The molecule has 154 valence electrons. The van der Waals surface area contributed by atoms with E-state index in [-0.39, 0.29) is 11.7 Å². The van der Waals surface area contributed by atoms with Gasteiger partial charge in [0.1, 0.15) is 0 Å². The number of anilines is 1. The van der Waals surface area contributed by atoms with Crippen LogP contribution in [0, 0.1) is 0 Å². The fraction of sp³-hybridized carbons (Fsp3) is 0.364. The molecule has 2 aromatic rings. The molecule has 7 heteroatoms. The van der Waals surface area contributed by atoms with Crippen LogP contribution in [-0.4, -0.2) is 51.0 Å². The standard InChI is InChI=1S/C22H25Cl2N3O2/c1-16(28)17-3-6-20(7-4-17)27-12-10-26(11-13-27)15-22(29)25-9-8-18-2-5-19(23)14-21(18)24/h2-7,14H,8-13,15H2,1H3,(H,25,29)/p+1. The van der Waals surface area contributed by atoms with Crippen LogP contribution in [0.5, 0.6) is 0 Å². The molecule has 1 saturated heterocycles. The number of halogens is 2. The van der Waals surface area contributed by atoms with E-state index in [0.717, 1.165) is 43.0 Å². The van der Waals surface area contributed by atoms with Gasteiger partial charge < -0.3 is 15.1 Å². The van der Waals surface area contributed by atoms with Crippen LogP contribution in [0.25, 0.3) is 0 Å². The highest BCUT2D eigenvalue weighted by Crippen LogP contribution is 2.21. The molecule has 1 fully saturated rings. The number of piperazine rings is 1. The van der Waals surface area contributed by atoms with Crippen molar-refractivity contribution in [2.45, 2.75) is 13.3 Å². The Morgan fingerprint density at radius 3 is 2.38 bits per heavy atom. The molecule has 1 amide bonds. The summed E-state index contributed by atoms with van der Waals surface area (Å²) in [6.45, 7) is 6.21. The number of carbonyl (C=O) groups excluding carboxylic acids is 2. The number of benzene rings is 2. The molecule has 0 unspecified atom stereocenters. The van der Waals surface area contributed by atoms with Gasteiger partial charge in [-0.05, 0) is 55.3 Å². The molecular weight excluding hydrogens is 409 g/mol. The van der Waals surface area contributed by atoms with E-state index in [1.165, 1.54) is 4.90 Å². The van der Waals surface area contributed by atoms with Gasteiger partial charge in [-0.3, -0.25) is 9.59 Å². The van der Waals surface area contributed by atoms with Gasteiger partial charge >= 0.3 is 0 Å². The van der Waals surface area contributed by atoms with Crippen molar-refractivity contribution in [3.05, 3.63) is 63.6 Å². The summed E-state index contributed by atoms with van der Waals surface area (Å²) in [6.07, 6.45) is 0.682. The summed E-state index contributed by atoms with van der Waals surface area (Å²) < 4.78 is 0. The fourth-order valence-electron chi connectivity index (χ4n) is 3.52. The molecule has 29 heavy (non-hydrogen) atoms. The number of carbonyl (C=O) groups is 2. The quantitative estimate of drug-likeness (QED) is 0.657. The highest BCUT2D eigenvalue weighted by atomic mass is 35.5. The van der Waals surface area contributed by atoms with Crippen molar-refractivity contribution in [1.29, 1.82) is 0 Å². The van der Waals surface area contributed by atoms with Crippen molar-refractivity contribution >= 4 is 40.6 Å². The normalized spacial score (nSPS) is 14.7. The summed E-state index contributed by atoms with van der Waals surface area (Å²) in [5.41, 5.74) is 2.83. The van der Waals surface area contributed by atoms with E-state index in [2.05, 4.69) is 10.2 Å². The molecule has 1 heterocycles. The molecule has 0 radical (unpaired) electrons. The smallest absolute Gasteiger partial charge is 0.275 e. The van der Waals surface area contributed by atoms with Crippen LogP contribution in [-0.2, 0) is 11.2 Å². The summed E-state index contributed by atoms with van der Waals surface area (Å²) in [4.78, 5) is 27.2. The molecule has 0 spiro atoms. The SMILES string of the molecule is CC(=O)c1ccc(N2CC[NH+](CC(=O)NCCc3ccc(Cl)cc3Cl)CC2)cc1. The molecule has 3 rings (SSSR count). The Labute approximate surface area is 181 Å². The molecule has 0 atom stereocenters. The summed E-state index contributed by atoms with van der Waals surface area (Å²) in [6, 6.07) is 13.2. The Bertz CT molecular complexity index is 863. The summed E-state index contributed by atoms with van der Waals surface area (Å²) >= 11 is 12.1. The van der Waals surface area contributed by atoms with E-state index >= 15 is 0 Å². The van der Waals surface area contributed by atoms with Crippen LogP contribution in [0.1, 0.15) is 22.8 Å². The molecule has 0 aliphatic carbocycles. The van der Waals surface area contributed by atoms with Gasteiger partial charge in [0.05, 0.1) is 26.2 Å². The maximum atomic E-state index is 12.3. The lowest BCUT2D eigenvalue weighted by Gasteiger charge is -2.33. The second-order valence-corrected chi connectivity index (χ2v) is 8.20. The average Bonchev–Trinajstić information content (AvgIpc) is 2.70. The van der Waals surface area contributed by atoms with Gasteiger partial charge in [-0.1, -0.05) is 29.3 Å². The minimum absolute atomic E-state index is 0.0596. The predicted octanol–water partition coefficient (Wildman–Crippen LogP) is 2.26. The van der Waals surface area contributed by atoms with Gasteiger partial charge in [-0.25, -0.2) is 0 Å². The van der Waals surface area contributed by atoms with Crippen LogP contribution >= 0.6 is 23.2 Å². The number of hydrogen-bond acceptors (Lipinski definition) is 3. The van der Waals surface area contributed by atoms with Crippen LogP contribution in [0.4, 0.5) is 5.69 Å². The Hall–Kier alpha value is -2.08. The number of ketones is 1. The summed E-state index contributed by atoms with van der Waals surface area (Å²) in [7, 11) is 0. The third kappa shape index (κ3) is 6.20. The minimum Gasteiger partial charge on any atom is -0.360 e. The molecule has 1 aliphatic heterocycles. The topological polar surface area (TPSA) is 53.9 Å². The fourth-order valence-corrected chi connectivity index (χ4v) is 4.02. The first kappa shape index (κ1) is 21.6. The maximum absolute atomic E-state index is 12.3. The first-order chi connectivity index (χ1) is 13.9. The number of nitrogens with zero attached hydrogens (tertiary/aromatic N) is 1. The monoisotopic (exact) mass is 434 g/mol. The Morgan fingerprint density at radius 1 is 1.07 bits per heavy atom. The zero-order valence-electron chi connectivity index (χ0n) is 16.5. The van der Waals surface area contributed by atoms with E-state index in [9.17, 15) is 9.59 Å². The maximum Gasteiger partial charge on any atom is 0.275 e. The Morgan fingerprint density at radius 2 is 1.76 bits per heavy atom. The molecule has 5 nitrogen and oxygen atoms in total. The van der Waals surface area contributed by atoms with Crippen LogP contribution in [0.15, 0.2) is 42.5 Å². The van der Waals surface area contributed by atoms with E-state index in [4.69, 9.17) is 23.2 Å². The number of Topliss-reactive ketones (excluding diaryl/α,β-unsaturated/α-hetero) is 1. The summed E-state index contributed by atoms with van der Waals surface area (Å²) in [5, 5.41) is 4.22.